The van der Waals surface area contributed by atoms with Crippen molar-refractivity contribution in [1.29, 1.82) is 0 Å². The van der Waals surface area contributed by atoms with Crippen LogP contribution in [0.1, 0.15) is 40.5 Å². The van der Waals surface area contributed by atoms with Gasteiger partial charge in [-0.05, 0) is 33.6 Å². The molecule has 0 aromatic heterocycles. The van der Waals surface area contributed by atoms with Crippen molar-refractivity contribution in [2.24, 2.45) is 0 Å². The standard InChI is InChI=1S/C12H25NO/c1-6-11(4)13-9-12(5)14-8-7-10(2)3/h11-13H,2,6-9H2,1,3-5H3. The second-order valence-corrected chi connectivity index (χ2v) is 4.11. The Hall–Kier alpha value is -0.340. The fourth-order valence-corrected chi connectivity index (χ4v) is 1.00. The summed E-state index contributed by atoms with van der Waals surface area (Å²) >= 11 is 0. The topological polar surface area (TPSA) is 21.3 Å². The zero-order valence-corrected chi connectivity index (χ0v) is 10.1. The lowest BCUT2D eigenvalue weighted by Gasteiger charge is -2.17. The van der Waals surface area contributed by atoms with Crippen LogP contribution < -0.4 is 5.32 Å². The molecule has 0 aromatic carbocycles. The molecule has 0 rings (SSSR count). The zero-order chi connectivity index (χ0) is 11.0. The molecule has 0 fully saturated rings. The highest BCUT2D eigenvalue weighted by Crippen LogP contribution is 1.98. The first kappa shape index (κ1) is 13.7. The Kier molecular flexibility index (Phi) is 7.81. The van der Waals surface area contributed by atoms with Crippen LogP contribution in [-0.2, 0) is 4.74 Å². The first-order valence-electron chi connectivity index (χ1n) is 5.55. The van der Waals surface area contributed by atoms with Gasteiger partial charge in [0, 0.05) is 12.6 Å². The minimum Gasteiger partial charge on any atom is -0.377 e. The van der Waals surface area contributed by atoms with Gasteiger partial charge in [-0.15, -0.1) is 6.58 Å². The minimum atomic E-state index is 0.295. The molecule has 2 unspecified atom stereocenters. The van der Waals surface area contributed by atoms with Gasteiger partial charge in [-0.1, -0.05) is 12.5 Å². The van der Waals surface area contributed by atoms with Crippen LogP contribution in [0.25, 0.3) is 0 Å². The lowest BCUT2D eigenvalue weighted by molar-refractivity contribution is 0.0665. The molecule has 2 atom stereocenters. The maximum absolute atomic E-state index is 5.62. The normalized spacial score (nSPS) is 15.1. The van der Waals surface area contributed by atoms with Crippen LogP contribution in [0.4, 0.5) is 0 Å². The van der Waals surface area contributed by atoms with Crippen molar-refractivity contribution < 1.29 is 4.74 Å². The molecule has 2 nitrogen and oxygen atoms in total. The van der Waals surface area contributed by atoms with Gasteiger partial charge in [0.25, 0.3) is 0 Å². The second-order valence-electron chi connectivity index (χ2n) is 4.11. The molecule has 0 amide bonds. The van der Waals surface area contributed by atoms with Gasteiger partial charge in [0.05, 0.1) is 12.7 Å². The van der Waals surface area contributed by atoms with E-state index in [0.29, 0.717) is 12.1 Å². The van der Waals surface area contributed by atoms with Gasteiger partial charge >= 0.3 is 0 Å². The molecule has 0 saturated carbocycles. The summed E-state index contributed by atoms with van der Waals surface area (Å²) in [4.78, 5) is 0. The molecule has 2 heteroatoms. The van der Waals surface area contributed by atoms with E-state index in [1.54, 1.807) is 0 Å². The van der Waals surface area contributed by atoms with Crippen molar-refractivity contribution >= 4 is 0 Å². The van der Waals surface area contributed by atoms with E-state index in [1.165, 1.54) is 12.0 Å². The number of nitrogens with one attached hydrogen (secondary N) is 1. The molecule has 0 aliphatic heterocycles. The van der Waals surface area contributed by atoms with E-state index in [-0.39, 0.29) is 0 Å². The number of rotatable bonds is 8. The molecule has 0 saturated heterocycles. The highest BCUT2D eigenvalue weighted by Gasteiger charge is 2.03. The Morgan fingerprint density at radius 1 is 1.43 bits per heavy atom. The SMILES string of the molecule is C=C(C)CCOC(C)CNC(C)CC. The Labute approximate surface area is 88.7 Å². The van der Waals surface area contributed by atoms with Crippen molar-refractivity contribution in [3.63, 3.8) is 0 Å². The number of hydrogen-bond donors (Lipinski definition) is 1. The molecular weight excluding hydrogens is 174 g/mol. The van der Waals surface area contributed by atoms with Crippen molar-refractivity contribution in [2.45, 2.75) is 52.7 Å². The largest absolute Gasteiger partial charge is 0.377 e. The van der Waals surface area contributed by atoms with Crippen molar-refractivity contribution in [3.05, 3.63) is 12.2 Å². The maximum atomic E-state index is 5.62. The van der Waals surface area contributed by atoms with E-state index in [4.69, 9.17) is 4.74 Å². The highest BCUT2D eigenvalue weighted by atomic mass is 16.5. The van der Waals surface area contributed by atoms with E-state index in [9.17, 15) is 0 Å². The third-order valence-corrected chi connectivity index (χ3v) is 2.30. The van der Waals surface area contributed by atoms with Crippen LogP contribution in [0.3, 0.4) is 0 Å². The molecule has 14 heavy (non-hydrogen) atoms. The quantitative estimate of drug-likeness (QED) is 0.607. The molecular formula is C12H25NO. The molecule has 0 spiro atoms. The lowest BCUT2D eigenvalue weighted by Crippen LogP contribution is -2.33. The zero-order valence-electron chi connectivity index (χ0n) is 10.1. The lowest BCUT2D eigenvalue weighted by atomic mass is 10.2. The summed E-state index contributed by atoms with van der Waals surface area (Å²) in [5, 5.41) is 3.42. The van der Waals surface area contributed by atoms with Crippen LogP contribution >= 0.6 is 0 Å². The van der Waals surface area contributed by atoms with E-state index in [0.717, 1.165) is 19.6 Å². The second kappa shape index (κ2) is 8.01. The predicted octanol–water partition coefficient (Wildman–Crippen LogP) is 2.75. The van der Waals surface area contributed by atoms with Gasteiger partial charge in [0.15, 0.2) is 0 Å². The van der Waals surface area contributed by atoms with Crippen LogP contribution in [-0.4, -0.2) is 25.3 Å². The molecule has 0 bridgehead atoms. The highest BCUT2D eigenvalue weighted by molar-refractivity contribution is 4.87. The molecule has 84 valence electrons. The summed E-state index contributed by atoms with van der Waals surface area (Å²) in [6, 6.07) is 0.585. The first-order chi connectivity index (χ1) is 6.56. The summed E-state index contributed by atoms with van der Waals surface area (Å²) in [6.45, 7) is 14.1. The van der Waals surface area contributed by atoms with Crippen molar-refractivity contribution in [3.8, 4) is 0 Å². The Morgan fingerprint density at radius 2 is 2.07 bits per heavy atom. The Morgan fingerprint density at radius 3 is 2.57 bits per heavy atom. The van der Waals surface area contributed by atoms with Crippen LogP contribution in [0.15, 0.2) is 12.2 Å². The summed E-state index contributed by atoms with van der Waals surface area (Å²) in [6.07, 6.45) is 2.43. The fraction of sp³-hybridized carbons (Fsp3) is 0.833. The Balaban J connectivity index is 3.36. The van der Waals surface area contributed by atoms with Gasteiger partial charge < -0.3 is 10.1 Å². The van der Waals surface area contributed by atoms with E-state index < -0.39 is 0 Å². The van der Waals surface area contributed by atoms with Crippen LogP contribution in [0.2, 0.25) is 0 Å². The minimum absolute atomic E-state index is 0.295. The third kappa shape index (κ3) is 8.27. The third-order valence-electron chi connectivity index (χ3n) is 2.30. The molecule has 0 aliphatic rings. The molecule has 1 N–H and O–H groups in total. The van der Waals surface area contributed by atoms with E-state index >= 15 is 0 Å². The summed E-state index contributed by atoms with van der Waals surface area (Å²) in [7, 11) is 0. The van der Waals surface area contributed by atoms with Gasteiger partial charge in [-0.2, -0.15) is 0 Å². The predicted molar refractivity (Wildman–Crippen MR) is 62.6 cm³/mol. The summed E-state index contributed by atoms with van der Waals surface area (Å²) < 4.78 is 5.62. The van der Waals surface area contributed by atoms with Crippen LogP contribution in [0.5, 0.6) is 0 Å². The smallest absolute Gasteiger partial charge is 0.0671 e. The molecule has 0 aromatic rings. The van der Waals surface area contributed by atoms with Crippen molar-refractivity contribution in [1.82, 2.24) is 5.32 Å². The van der Waals surface area contributed by atoms with Gasteiger partial charge in [0.1, 0.15) is 0 Å². The summed E-state index contributed by atoms with van der Waals surface area (Å²) in [5.74, 6) is 0. The van der Waals surface area contributed by atoms with Gasteiger partial charge in [0.2, 0.25) is 0 Å². The van der Waals surface area contributed by atoms with Gasteiger partial charge in [-0.25, -0.2) is 0 Å². The first-order valence-corrected chi connectivity index (χ1v) is 5.55. The molecule has 0 aliphatic carbocycles. The monoisotopic (exact) mass is 199 g/mol. The maximum Gasteiger partial charge on any atom is 0.0671 e. The average Bonchev–Trinajstić information content (AvgIpc) is 2.13. The van der Waals surface area contributed by atoms with Crippen molar-refractivity contribution in [2.75, 3.05) is 13.2 Å². The average molecular weight is 199 g/mol. The summed E-state index contributed by atoms with van der Waals surface area (Å²) in [5.41, 5.74) is 1.19. The van der Waals surface area contributed by atoms with Gasteiger partial charge in [-0.3, -0.25) is 0 Å². The van der Waals surface area contributed by atoms with Crippen LogP contribution in [0, 0.1) is 0 Å². The fourth-order valence-electron chi connectivity index (χ4n) is 1.00. The Bertz CT molecular complexity index is 156. The van der Waals surface area contributed by atoms with E-state index in [2.05, 4.69) is 32.7 Å². The number of hydrogen-bond acceptors (Lipinski definition) is 2. The number of ether oxygens (including phenoxy) is 1. The van der Waals surface area contributed by atoms with E-state index in [1.807, 2.05) is 6.92 Å². The molecule has 0 radical (unpaired) electrons. The molecule has 0 heterocycles.